The van der Waals surface area contributed by atoms with E-state index in [1.165, 1.54) is 32.1 Å². The van der Waals surface area contributed by atoms with Crippen LogP contribution < -0.4 is 5.32 Å². The van der Waals surface area contributed by atoms with E-state index in [1.807, 2.05) is 0 Å². The van der Waals surface area contributed by atoms with E-state index < -0.39 is 0 Å². The first-order valence-corrected chi connectivity index (χ1v) is 8.31. The molecule has 0 aromatic carbocycles. The number of thiazole rings is 1. The van der Waals surface area contributed by atoms with Gasteiger partial charge in [-0.1, -0.05) is 26.2 Å². The smallest absolute Gasteiger partial charge is 0.193 e. The molecule has 1 fully saturated rings. The van der Waals surface area contributed by atoms with Gasteiger partial charge in [0.1, 0.15) is 0 Å². The van der Waals surface area contributed by atoms with E-state index >= 15 is 0 Å². The topological polar surface area (TPSA) is 29.3 Å². The van der Waals surface area contributed by atoms with E-state index in [0.717, 1.165) is 35.6 Å². The largest absolute Gasteiger partial charge is 0.311 e. The summed E-state index contributed by atoms with van der Waals surface area (Å²) in [4.78, 5) is 5.68. The average Bonchev–Trinajstić information content (AvgIpc) is 2.95. The fourth-order valence-electron chi connectivity index (χ4n) is 3.21. The molecule has 104 valence electrons. The summed E-state index contributed by atoms with van der Waals surface area (Å²) in [5.41, 5.74) is 1.16. The number of rotatable bonds is 5. The SMILES string of the molecule is CC1CCCC(CCNCc2cn3ccsc3n2)C1. The van der Waals surface area contributed by atoms with Crippen molar-refractivity contribution in [3.8, 4) is 0 Å². The maximum atomic E-state index is 4.59. The van der Waals surface area contributed by atoms with E-state index in [-0.39, 0.29) is 0 Å². The van der Waals surface area contributed by atoms with Crippen molar-refractivity contribution in [2.75, 3.05) is 6.54 Å². The molecule has 1 aliphatic rings. The Balaban J connectivity index is 1.39. The molecule has 1 N–H and O–H groups in total. The Bertz CT molecular complexity index is 488. The van der Waals surface area contributed by atoms with Gasteiger partial charge in [-0.2, -0.15) is 0 Å². The summed E-state index contributed by atoms with van der Waals surface area (Å²) in [6, 6.07) is 0. The molecule has 1 saturated carbocycles. The molecule has 19 heavy (non-hydrogen) atoms. The summed E-state index contributed by atoms with van der Waals surface area (Å²) in [6.45, 7) is 4.43. The minimum absolute atomic E-state index is 0.899. The van der Waals surface area contributed by atoms with Gasteiger partial charge in [0.25, 0.3) is 0 Å². The molecule has 3 rings (SSSR count). The summed E-state index contributed by atoms with van der Waals surface area (Å²) < 4.78 is 2.10. The lowest BCUT2D eigenvalue weighted by Gasteiger charge is -2.26. The first-order chi connectivity index (χ1) is 9.31. The number of nitrogens with one attached hydrogen (secondary N) is 1. The number of aromatic nitrogens is 2. The van der Waals surface area contributed by atoms with E-state index in [9.17, 15) is 0 Å². The molecule has 3 nitrogen and oxygen atoms in total. The third-order valence-electron chi connectivity index (χ3n) is 4.22. The molecule has 2 aromatic heterocycles. The van der Waals surface area contributed by atoms with Gasteiger partial charge in [-0.15, -0.1) is 11.3 Å². The molecular weight excluding hydrogens is 254 g/mol. The molecular formula is C15H23N3S. The predicted octanol–water partition coefficient (Wildman–Crippen LogP) is 3.70. The second-order valence-corrected chi connectivity index (χ2v) is 6.80. The van der Waals surface area contributed by atoms with Gasteiger partial charge in [0, 0.05) is 24.3 Å². The van der Waals surface area contributed by atoms with Crippen molar-refractivity contribution in [2.24, 2.45) is 11.8 Å². The van der Waals surface area contributed by atoms with Gasteiger partial charge < -0.3 is 5.32 Å². The summed E-state index contributed by atoms with van der Waals surface area (Å²) in [5.74, 6) is 1.89. The summed E-state index contributed by atoms with van der Waals surface area (Å²) in [5, 5.41) is 5.62. The van der Waals surface area contributed by atoms with Crippen molar-refractivity contribution < 1.29 is 0 Å². The third-order valence-corrected chi connectivity index (χ3v) is 4.99. The molecule has 2 unspecified atom stereocenters. The number of imidazole rings is 1. The van der Waals surface area contributed by atoms with Crippen molar-refractivity contribution in [2.45, 2.75) is 45.6 Å². The zero-order chi connectivity index (χ0) is 13.1. The van der Waals surface area contributed by atoms with Crippen molar-refractivity contribution in [1.29, 1.82) is 0 Å². The Morgan fingerprint density at radius 3 is 3.26 bits per heavy atom. The van der Waals surface area contributed by atoms with Crippen LogP contribution in [0.4, 0.5) is 0 Å². The van der Waals surface area contributed by atoms with Gasteiger partial charge in [-0.05, 0) is 31.2 Å². The maximum absolute atomic E-state index is 4.59. The van der Waals surface area contributed by atoms with Gasteiger partial charge in [0.2, 0.25) is 0 Å². The second-order valence-electron chi connectivity index (χ2n) is 5.93. The monoisotopic (exact) mass is 277 g/mol. The first-order valence-electron chi connectivity index (χ1n) is 7.43. The van der Waals surface area contributed by atoms with E-state index in [4.69, 9.17) is 0 Å². The van der Waals surface area contributed by atoms with Crippen LogP contribution in [0.2, 0.25) is 0 Å². The summed E-state index contributed by atoms with van der Waals surface area (Å²) >= 11 is 1.69. The Labute approximate surface area is 119 Å². The van der Waals surface area contributed by atoms with Crippen LogP contribution in [0, 0.1) is 11.8 Å². The van der Waals surface area contributed by atoms with Crippen molar-refractivity contribution in [3.05, 3.63) is 23.5 Å². The Morgan fingerprint density at radius 1 is 1.47 bits per heavy atom. The van der Waals surface area contributed by atoms with Crippen molar-refractivity contribution >= 4 is 16.3 Å². The third kappa shape index (κ3) is 3.37. The average molecular weight is 277 g/mol. The molecule has 0 aliphatic heterocycles. The van der Waals surface area contributed by atoms with Crippen LogP contribution >= 0.6 is 11.3 Å². The minimum atomic E-state index is 0.899. The molecule has 2 heterocycles. The zero-order valence-electron chi connectivity index (χ0n) is 11.6. The van der Waals surface area contributed by atoms with Crippen LogP contribution in [0.1, 0.15) is 44.7 Å². The highest BCUT2D eigenvalue weighted by atomic mass is 32.1. The van der Waals surface area contributed by atoms with Gasteiger partial charge >= 0.3 is 0 Å². The quantitative estimate of drug-likeness (QED) is 0.844. The fourth-order valence-corrected chi connectivity index (χ4v) is 3.92. The highest BCUT2D eigenvalue weighted by Gasteiger charge is 2.18. The van der Waals surface area contributed by atoms with Crippen molar-refractivity contribution in [3.63, 3.8) is 0 Å². The molecule has 1 aliphatic carbocycles. The number of nitrogens with zero attached hydrogens (tertiary/aromatic N) is 2. The van der Waals surface area contributed by atoms with Crippen LogP contribution in [0.5, 0.6) is 0 Å². The lowest BCUT2D eigenvalue weighted by molar-refractivity contribution is 0.267. The van der Waals surface area contributed by atoms with E-state index in [0.29, 0.717) is 0 Å². The molecule has 0 saturated heterocycles. The molecule has 0 spiro atoms. The lowest BCUT2D eigenvalue weighted by Crippen LogP contribution is -2.21. The highest BCUT2D eigenvalue weighted by Crippen LogP contribution is 2.30. The van der Waals surface area contributed by atoms with Gasteiger partial charge in [0.15, 0.2) is 4.96 Å². The van der Waals surface area contributed by atoms with E-state index in [1.54, 1.807) is 11.3 Å². The Morgan fingerprint density at radius 2 is 2.42 bits per heavy atom. The maximum Gasteiger partial charge on any atom is 0.193 e. The van der Waals surface area contributed by atoms with Crippen LogP contribution in [0.15, 0.2) is 17.8 Å². The van der Waals surface area contributed by atoms with E-state index in [2.05, 4.69) is 39.4 Å². The fraction of sp³-hybridized carbons (Fsp3) is 0.667. The molecule has 0 bridgehead atoms. The first kappa shape index (κ1) is 13.1. The number of hydrogen-bond acceptors (Lipinski definition) is 3. The zero-order valence-corrected chi connectivity index (χ0v) is 12.5. The van der Waals surface area contributed by atoms with Crippen LogP contribution in [0.25, 0.3) is 4.96 Å². The Hall–Kier alpha value is -0.870. The predicted molar refractivity (Wildman–Crippen MR) is 80.5 cm³/mol. The molecule has 2 atom stereocenters. The van der Waals surface area contributed by atoms with Crippen molar-refractivity contribution in [1.82, 2.24) is 14.7 Å². The summed E-state index contributed by atoms with van der Waals surface area (Å²) in [7, 11) is 0. The second kappa shape index (κ2) is 6.06. The standard InChI is InChI=1S/C15H23N3S/c1-12-3-2-4-13(9-12)5-6-16-10-14-11-18-7-8-19-15(18)17-14/h7-8,11-13,16H,2-6,9-10H2,1H3. The van der Waals surface area contributed by atoms with Gasteiger partial charge in [-0.25, -0.2) is 4.98 Å². The lowest BCUT2D eigenvalue weighted by atomic mass is 9.81. The molecule has 4 heteroatoms. The Kier molecular flexibility index (Phi) is 4.18. The molecule has 0 amide bonds. The highest BCUT2D eigenvalue weighted by molar-refractivity contribution is 7.15. The normalized spacial score (nSPS) is 24.1. The van der Waals surface area contributed by atoms with Crippen LogP contribution in [0.3, 0.4) is 0 Å². The van der Waals surface area contributed by atoms with Gasteiger partial charge in [0.05, 0.1) is 5.69 Å². The minimum Gasteiger partial charge on any atom is -0.311 e. The number of hydrogen-bond donors (Lipinski definition) is 1. The van der Waals surface area contributed by atoms with Crippen LogP contribution in [-0.2, 0) is 6.54 Å². The van der Waals surface area contributed by atoms with Gasteiger partial charge in [-0.3, -0.25) is 4.40 Å². The van der Waals surface area contributed by atoms with Crippen LogP contribution in [-0.4, -0.2) is 15.9 Å². The molecule has 0 radical (unpaired) electrons. The summed E-state index contributed by atoms with van der Waals surface area (Å²) in [6.07, 6.45) is 11.3. The molecule has 2 aromatic rings. The number of fused-ring (bicyclic) bond motifs is 1.